The van der Waals surface area contributed by atoms with Crippen LogP contribution in [0, 0.1) is 19.4 Å². The Bertz CT molecular complexity index is 267. The van der Waals surface area contributed by atoms with Gasteiger partial charge in [0.15, 0.2) is 5.97 Å². The Labute approximate surface area is 103 Å². The number of hydrogen-bond acceptors (Lipinski definition) is 1. The van der Waals surface area contributed by atoms with Crippen molar-refractivity contribution in [2.75, 3.05) is 0 Å². The molecule has 0 aliphatic heterocycles. The largest absolute Gasteiger partial charge is 0.503 e. The van der Waals surface area contributed by atoms with Gasteiger partial charge in [0.1, 0.15) is 0 Å². The number of aliphatic carboxylic acids is 1. The molecule has 1 aromatic rings. The van der Waals surface area contributed by atoms with Crippen LogP contribution >= 0.6 is 0 Å². The second kappa shape index (κ2) is 6.17. The Morgan fingerprint density at radius 2 is 2.31 bits per heavy atom. The van der Waals surface area contributed by atoms with Crippen molar-refractivity contribution in [3.8, 4) is 0 Å². The average molecular weight is 251 g/mol. The molecule has 0 unspecified atom stereocenters. The number of rotatable bonds is 3. The van der Waals surface area contributed by atoms with Gasteiger partial charge in [-0.25, -0.2) is 0 Å². The summed E-state index contributed by atoms with van der Waals surface area (Å²) < 4.78 is 0. The van der Waals surface area contributed by atoms with Crippen LogP contribution in [0.25, 0.3) is 0 Å². The Hall–Kier alpha value is -0.336. The van der Waals surface area contributed by atoms with E-state index < -0.39 is 5.97 Å². The predicted molar refractivity (Wildman–Crippen MR) is 45.7 cm³/mol. The Balaban J connectivity index is 0.00000144. The molecule has 1 rings (SSSR count). The average Bonchev–Trinajstić information content (AvgIpc) is 2.03. The van der Waals surface area contributed by atoms with Gasteiger partial charge in [0.05, 0.1) is 0 Å². The van der Waals surface area contributed by atoms with E-state index in [-0.39, 0.29) is 32.7 Å². The minimum atomic E-state index is -0.885. The number of carbonyl (C=O) groups is 1. The zero-order valence-electron chi connectivity index (χ0n) is 7.45. The molecule has 2 nitrogen and oxygen atoms in total. The van der Waals surface area contributed by atoms with Crippen LogP contribution in [0.2, 0.25) is 0 Å². The van der Waals surface area contributed by atoms with Gasteiger partial charge in [-0.3, -0.25) is 11.2 Å². The van der Waals surface area contributed by atoms with Gasteiger partial charge in [0.25, 0.3) is 0 Å². The van der Waals surface area contributed by atoms with E-state index in [1.54, 1.807) is 0 Å². The van der Waals surface area contributed by atoms with Crippen LogP contribution in [-0.2, 0) is 43.9 Å². The van der Waals surface area contributed by atoms with Crippen LogP contribution in [0.4, 0.5) is 0 Å². The number of carboxylic acid groups (broad SMARTS) is 1. The van der Waals surface area contributed by atoms with Crippen molar-refractivity contribution < 1.29 is 42.6 Å². The van der Waals surface area contributed by atoms with Gasteiger partial charge >= 0.3 is 0 Å². The summed E-state index contributed by atoms with van der Waals surface area (Å²) >= 11 is 0. The van der Waals surface area contributed by atoms with Crippen LogP contribution < -0.4 is 0 Å². The third kappa shape index (κ3) is 5.07. The van der Waals surface area contributed by atoms with Crippen LogP contribution in [0.5, 0.6) is 0 Å². The van der Waals surface area contributed by atoms with Crippen molar-refractivity contribution in [3.63, 3.8) is 0 Å². The molecule has 0 saturated heterocycles. The second-order valence-corrected chi connectivity index (χ2v) is 2.64. The van der Waals surface area contributed by atoms with Gasteiger partial charge < -0.3 is 5.11 Å². The van der Waals surface area contributed by atoms with E-state index in [9.17, 15) is 4.79 Å². The number of carboxylic acids is 1. The minimum absolute atomic E-state index is 0. The summed E-state index contributed by atoms with van der Waals surface area (Å²) in [4.78, 5) is 10.2. The zero-order chi connectivity index (χ0) is 8.97. The van der Waals surface area contributed by atoms with Crippen LogP contribution in [0.3, 0.4) is 0 Å². The summed E-state index contributed by atoms with van der Waals surface area (Å²) in [5, 5.41) is 8.36. The first kappa shape index (κ1) is 12.7. The summed E-state index contributed by atoms with van der Waals surface area (Å²) in [6, 6.07) is 8.68. The third-order valence-electron chi connectivity index (χ3n) is 1.53. The molecular weight excluding hydrogens is 241 g/mol. The van der Waals surface area contributed by atoms with E-state index in [1.807, 2.05) is 25.1 Å². The molecule has 0 spiro atoms. The molecule has 0 aromatic heterocycles. The summed E-state index contributed by atoms with van der Waals surface area (Å²) in [7, 11) is 0. The molecule has 0 aliphatic rings. The molecule has 3 heteroatoms. The molecule has 1 aromatic carbocycles. The molecule has 13 heavy (non-hydrogen) atoms. The number of benzene rings is 1. The molecule has 1 radical (unpaired) electrons. The molecule has 0 fully saturated rings. The topological polar surface area (TPSA) is 37.3 Å². The van der Waals surface area contributed by atoms with Crippen molar-refractivity contribution in [2.24, 2.45) is 0 Å². The molecule has 0 atom stereocenters. The minimum Gasteiger partial charge on any atom is -0.503 e. The smallest absolute Gasteiger partial charge is 0.164 e. The van der Waals surface area contributed by atoms with E-state index in [2.05, 4.69) is 6.07 Å². The van der Waals surface area contributed by atoms with Crippen LogP contribution in [-0.4, -0.2) is 11.1 Å². The van der Waals surface area contributed by atoms with Crippen LogP contribution in [0.15, 0.2) is 18.2 Å². The number of hydrogen-bond donors (Lipinski definition) is 1. The Morgan fingerprint density at radius 3 is 2.77 bits per heavy atom. The Morgan fingerprint density at radius 1 is 1.62 bits per heavy atom. The van der Waals surface area contributed by atoms with Gasteiger partial charge in [0, 0.05) is 32.7 Å². The van der Waals surface area contributed by atoms with Gasteiger partial charge in [-0.05, 0) is 0 Å². The van der Waals surface area contributed by atoms with Crippen molar-refractivity contribution in [1.29, 1.82) is 0 Å². The predicted octanol–water partition coefficient (Wildman–Crippen LogP) is 1.62. The fourth-order valence-corrected chi connectivity index (χ4v) is 0.859. The fraction of sp³-hybridized carbons (Fsp3) is 0.200. The van der Waals surface area contributed by atoms with Gasteiger partial charge in [-0.1, -0.05) is 6.92 Å². The maximum atomic E-state index is 10.2. The van der Waals surface area contributed by atoms with E-state index in [0.29, 0.717) is 6.42 Å². The van der Waals surface area contributed by atoms with E-state index >= 15 is 0 Å². The van der Waals surface area contributed by atoms with E-state index in [1.165, 1.54) is 6.42 Å². The first-order chi connectivity index (χ1) is 5.68. The molecule has 0 bridgehead atoms. The SMILES string of the molecule is Cc1c[c-]c(C[CH-]C(=O)O)cc1.[Y]. The summed E-state index contributed by atoms with van der Waals surface area (Å²) in [6.07, 6.45) is 1.66. The number of aryl methyl sites for hydroxylation is 1. The maximum absolute atomic E-state index is 10.2. The molecule has 0 amide bonds. The van der Waals surface area contributed by atoms with E-state index in [0.717, 1.165) is 11.1 Å². The standard InChI is InChI=1S/C10H10O2.Y/c1-8-2-4-9(5-3-8)6-7-10(11)12;/h2-4,7H,6H2,1H3,(H,11,12);/q-2;. The first-order valence-corrected chi connectivity index (χ1v) is 3.72. The summed E-state index contributed by atoms with van der Waals surface area (Å²) in [6.45, 7) is 1.97. The van der Waals surface area contributed by atoms with Crippen molar-refractivity contribution in [1.82, 2.24) is 0 Å². The van der Waals surface area contributed by atoms with Crippen LogP contribution in [0.1, 0.15) is 11.1 Å². The molecule has 67 valence electrons. The molecule has 0 heterocycles. The summed E-state index contributed by atoms with van der Waals surface area (Å²) in [5.41, 5.74) is 2.04. The van der Waals surface area contributed by atoms with Crippen molar-refractivity contribution in [3.05, 3.63) is 41.8 Å². The molecule has 0 saturated carbocycles. The molecule has 1 N–H and O–H groups in total. The van der Waals surface area contributed by atoms with Crippen molar-refractivity contribution in [2.45, 2.75) is 13.3 Å². The zero-order valence-corrected chi connectivity index (χ0v) is 10.3. The quantitative estimate of drug-likeness (QED) is 0.829. The third-order valence-corrected chi connectivity index (χ3v) is 1.53. The monoisotopic (exact) mass is 251 g/mol. The molecular formula is C10H10O2Y-2. The van der Waals surface area contributed by atoms with Crippen molar-refractivity contribution >= 4 is 5.97 Å². The fourth-order valence-electron chi connectivity index (χ4n) is 0.859. The normalized spacial score (nSPS) is 8.69. The van der Waals surface area contributed by atoms with E-state index in [4.69, 9.17) is 5.11 Å². The Kier molecular flexibility index (Phi) is 6.01. The maximum Gasteiger partial charge on any atom is 0.164 e. The second-order valence-electron chi connectivity index (χ2n) is 2.64. The van der Waals surface area contributed by atoms with Gasteiger partial charge in [-0.15, -0.1) is 0 Å². The first-order valence-electron chi connectivity index (χ1n) is 3.72. The van der Waals surface area contributed by atoms with Gasteiger partial charge in [-0.2, -0.15) is 41.8 Å². The summed E-state index contributed by atoms with van der Waals surface area (Å²) in [5.74, 6) is -0.885. The van der Waals surface area contributed by atoms with Gasteiger partial charge in [0.2, 0.25) is 0 Å². The molecule has 0 aliphatic carbocycles.